The second kappa shape index (κ2) is 5.34. The van der Waals surface area contributed by atoms with Gasteiger partial charge in [0.05, 0.1) is 12.1 Å². The molecule has 1 aromatic carbocycles. The first-order chi connectivity index (χ1) is 8.13. The molecule has 0 bridgehead atoms. The highest BCUT2D eigenvalue weighted by Crippen LogP contribution is 2.34. The van der Waals surface area contributed by atoms with E-state index in [9.17, 15) is 9.50 Å². The topological polar surface area (TPSA) is 23.5 Å². The summed E-state index contributed by atoms with van der Waals surface area (Å²) in [6, 6.07) is 4.44. The maximum absolute atomic E-state index is 13.9. The Morgan fingerprint density at radius 3 is 2.94 bits per heavy atom. The van der Waals surface area contributed by atoms with E-state index < -0.39 is 6.10 Å². The molecule has 4 heteroatoms. The average Bonchev–Trinajstić information content (AvgIpc) is 2.62. The molecule has 0 saturated carbocycles. The molecule has 0 aliphatic carbocycles. The Labute approximate surface area is 106 Å². The van der Waals surface area contributed by atoms with Gasteiger partial charge in [-0.2, -0.15) is 0 Å². The van der Waals surface area contributed by atoms with Gasteiger partial charge in [0, 0.05) is 17.1 Å². The fourth-order valence-corrected chi connectivity index (χ4v) is 2.68. The Kier molecular flexibility index (Phi) is 4.02. The lowest BCUT2D eigenvalue weighted by atomic mass is 10.0. The fourth-order valence-electron chi connectivity index (χ4n) is 2.52. The molecule has 1 aliphatic heterocycles. The van der Waals surface area contributed by atoms with Crippen LogP contribution in [0.25, 0.3) is 0 Å². The van der Waals surface area contributed by atoms with Crippen LogP contribution in [0.5, 0.6) is 0 Å². The van der Waals surface area contributed by atoms with Crippen molar-refractivity contribution in [2.24, 2.45) is 0 Å². The van der Waals surface area contributed by atoms with Crippen LogP contribution in [-0.4, -0.2) is 29.2 Å². The van der Waals surface area contributed by atoms with Gasteiger partial charge >= 0.3 is 0 Å². The first-order valence-electron chi connectivity index (χ1n) is 6.00. The molecule has 1 heterocycles. The number of halogens is 2. The van der Waals surface area contributed by atoms with Crippen molar-refractivity contribution in [3.8, 4) is 0 Å². The lowest BCUT2D eigenvalue weighted by Crippen LogP contribution is -2.28. The van der Waals surface area contributed by atoms with Gasteiger partial charge in [0.15, 0.2) is 0 Å². The van der Waals surface area contributed by atoms with E-state index in [-0.39, 0.29) is 11.9 Å². The van der Waals surface area contributed by atoms with Gasteiger partial charge in [0.2, 0.25) is 0 Å². The zero-order valence-electron chi connectivity index (χ0n) is 9.87. The normalized spacial score (nSPS) is 25.4. The van der Waals surface area contributed by atoms with E-state index in [1.807, 2.05) is 0 Å². The summed E-state index contributed by atoms with van der Waals surface area (Å²) in [6.07, 6.45) is 1.21. The van der Waals surface area contributed by atoms with E-state index >= 15 is 0 Å². The SMILES string of the molecule is CCCN1CCC(O)C1c1ccc(Cl)cc1F. The molecule has 2 rings (SSSR count). The minimum Gasteiger partial charge on any atom is -0.391 e. The van der Waals surface area contributed by atoms with Gasteiger partial charge < -0.3 is 5.11 Å². The maximum Gasteiger partial charge on any atom is 0.129 e. The predicted octanol–water partition coefficient (Wildman–Crippen LogP) is 3.00. The standard InChI is InChI=1S/C13H17ClFNO/c1-2-6-16-7-5-12(17)13(16)10-4-3-9(14)8-11(10)15/h3-4,8,12-13,17H,2,5-7H2,1H3. The van der Waals surface area contributed by atoms with Crippen molar-refractivity contribution < 1.29 is 9.50 Å². The number of hydrogen-bond donors (Lipinski definition) is 1. The quantitative estimate of drug-likeness (QED) is 0.900. The second-order valence-electron chi connectivity index (χ2n) is 4.50. The number of likely N-dealkylation sites (tertiary alicyclic amines) is 1. The number of benzene rings is 1. The van der Waals surface area contributed by atoms with Crippen LogP contribution in [0.15, 0.2) is 18.2 Å². The molecule has 2 atom stereocenters. The van der Waals surface area contributed by atoms with E-state index in [1.54, 1.807) is 12.1 Å². The van der Waals surface area contributed by atoms with Crippen LogP contribution in [0, 0.1) is 5.82 Å². The minimum atomic E-state index is -0.489. The average molecular weight is 258 g/mol. The Morgan fingerprint density at radius 2 is 2.29 bits per heavy atom. The van der Waals surface area contributed by atoms with Gasteiger partial charge in [-0.1, -0.05) is 24.6 Å². The highest BCUT2D eigenvalue weighted by molar-refractivity contribution is 6.30. The molecular weight excluding hydrogens is 241 g/mol. The van der Waals surface area contributed by atoms with Crippen molar-refractivity contribution >= 4 is 11.6 Å². The van der Waals surface area contributed by atoms with Gasteiger partial charge in [-0.3, -0.25) is 4.90 Å². The van der Waals surface area contributed by atoms with Crippen molar-refractivity contribution in [2.75, 3.05) is 13.1 Å². The third-order valence-corrected chi connectivity index (χ3v) is 3.50. The highest BCUT2D eigenvalue weighted by Gasteiger charge is 2.34. The molecule has 0 radical (unpaired) electrons. The van der Waals surface area contributed by atoms with Crippen LogP contribution in [0.4, 0.5) is 4.39 Å². The third-order valence-electron chi connectivity index (χ3n) is 3.26. The molecular formula is C13H17ClFNO. The molecule has 1 aliphatic rings. The van der Waals surface area contributed by atoms with Crippen molar-refractivity contribution in [1.82, 2.24) is 4.90 Å². The van der Waals surface area contributed by atoms with Crippen LogP contribution < -0.4 is 0 Å². The van der Waals surface area contributed by atoms with Gasteiger partial charge in [-0.25, -0.2) is 4.39 Å². The van der Waals surface area contributed by atoms with Gasteiger partial charge in [-0.05, 0) is 31.5 Å². The highest BCUT2D eigenvalue weighted by atomic mass is 35.5. The van der Waals surface area contributed by atoms with E-state index in [0.717, 1.165) is 19.5 Å². The number of rotatable bonds is 3. The zero-order valence-corrected chi connectivity index (χ0v) is 10.6. The molecule has 2 nitrogen and oxygen atoms in total. The summed E-state index contributed by atoms with van der Waals surface area (Å²) in [6.45, 7) is 3.78. The van der Waals surface area contributed by atoms with Gasteiger partial charge in [0.1, 0.15) is 5.82 Å². The number of nitrogens with zero attached hydrogens (tertiary/aromatic N) is 1. The molecule has 0 amide bonds. The molecule has 1 fully saturated rings. The summed E-state index contributed by atoms with van der Waals surface area (Å²) < 4.78 is 13.9. The lowest BCUT2D eigenvalue weighted by molar-refractivity contribution is 0.114. The Morgan fingerprint density at radius 1 is 1.53 bits per heavy atom. The number of hydrogen-bond acceptors (Lipinski definition) is 2. The van der Waals surface area contributed by atoms with Crippen molar-refractivity contribution in [2.45, 2.75) is 31.9 Å². The molecule has 0 spiro atoms. The summed E-state index contributed by atoms with van der Waals surface area (Å²) in [4.78, 5) is 2.14. The molecule has 94 valence electrons. The van der Waals surface area contributed by atoms with Crippen LogP contribution in [0.1, 0.15) is 31.4 Å². The Bertz CT molecular complexity index is 397. The van der Waals surface area contributed by atoms with Crippen LogP contribution in [-0.2, 0) is 0 Å². The molecule has 1 aromatic rings. The largest absolute Gasteiger partial charge is 0.391 e. The molecule has 1 N–H and O–H groups in total. The van der Waals surface area contributed by atoms with Crippen LogP contribution >= 0.6 is 11.6 Å². The van der Waals surface area contributed by atoms with E-state index in [4.69, 9.17) is 11.6 Å². The maximum atomic E-state index is 13.9. The number of aliphatic hydroxyl groups is 1. The smallest absolute Gasteiger partial charge is 0.129 e. The summed E-state index contributed by atoms with van der Waals surface area (Å²) in [5.74, 6) is -0.329. The van der Waals surface area contributed by atoms with Crippen molar-refractivity contribution in [3.63, 3.8) is 0 Å². The summed E-state index contributed by atoms with van der Waals surface area (Å²) in [5.41, 5.74) is 0.549. The summed E-state index contributed by atoms with van der Waals surface area (Å²) in [5, 5.41) is 10.4. The van der Waals surface area contributed by atoms with Crippen molar-refractivity contribution in [1.29, 1.82) is 0 Å². The predicted molar refractivity (Wildman–Crippen MR) is 66.6 cm³/mol. The first-order valence-corrected chi connectivity index (χ1v) is 6.38. The van der Waals surface area contributed by atoms with Gasteiger partial charge in [0.25, 0.3) is 0 Å². The summed E-state index contributed by atoms with van der Waals surface area (Å²) in [7, 11) is 0. The lowest BCUT2D eigenvalue weighted by Gasteiger charge is -2.26. The molecule has 17 heavy (non-hydrogen) atoms. The van der Waals surface area contributed by atoms with Crippen molar-refractivity contribution in [3.05, 3.63) is 34.6 Å². The van der Waals surface area contributed by atoms with Gasteiger partial charge in [-0.15, -0.1) is 0 Å². The Hall–Kier alpha value is -0.640. The van der Waals surface area contributed by atoms with E-state index in [0.29, 0.717) is 17.0 Å². The van der Waals surface area contributed by atoms with Crippen LogP contribution in [0.3, 0.4) is 0 Å². The second-order valence-corrected chi connectivity index (χ2v) is 4.94. The first kappa shape index (κ1) is 12.8. The van der Waals surface area contributed by atoms with Crippen LogP contribution in [0.2, 0.25) is 5.02 Å². The van der Waals surface area contributed by atoms with E-state index in [2.05, 4.69) is 11.8 Å². The molecule has 1 saturated heterocycles. The molecule has 0 aromatic heterocycles. The third kappa shape index (κ3) is 2.62. The zero-order chi connectivity index (χ0) is 12.4. The number of aliphatic hydroxyl groups excluding tert-OH is 1. The van der Waals surface area contributed by atoms with E-state index in [1.165, 1.54) is 6.07 Å². The Balaban J connectivity index is 2.29. The monoisotopic (exact) mass is 257 g/mol. The summed E-state index contributed by atoms with van der Waals surface area (Å²) >= 11 is 5.74. The molecule has 2 unspecified atom stereocenters. The minimum absolute atomic E-state index is 0.229. The fraction of sp³-hybridized carbons (Fsp3) is 0.538.